The van der Waals surface area contributed by atoms with Crippen molar-refractivity contribution in [3.8, 4) is 0 Å². The normalized spacial score (nSPS) is 12.8. The van der Waals surface area contributed by atoms with Crippen LogP contribution >= 0.6 is 0 Å². The van der Waals surface area contributed by atoms with Crippen LogP contribution in [0.15, 0.2) is 43.0 Å². The van der Waals surface area contributed by atoms with Gasteiger partial charge in [0.2, 0.25) is 5.91 Å². The highest BCUT2D eigenvalue weighted by molar-refractivity contribution is 7.92. The van der Waals surface area contributed by atoms with Gasteiger partial charge >= 0.3 is 0 Å². The summed E-state index contributed by atoms with van der Waals surface area (Å²) in [7, 11) is -3.38. The predicted octanol–water partition coefficient (Wildman–Crippen LogP) is 0.981. The van der Waals surface area contributed by atoms with Crippen molar-refractivity contribution in [2.45, 2.75) is 25.3 Å². The van der Waals surface area contributed by atoms with Crippen molar-refractivity contribution in [3.63, 3.8) is 0 Å². The number of amides is 1. The van der Waals surface area contributed by atoms with Crippen molar-refractivity contribution >= 4 is 15.7 Å². The average Bonchev–Trinajstić information content (AvgIpc) is 2.97. The molecule has 22 heavy (non-hydrogen) atoms. The quantitative estimate of drug-likeness (QED) is 0.860. The molecule has 2 aromatic rings. The van der Waals surface area contributed by atoms with Crippen LogP contribution in [0.5, 0.6) is 0 Å². The first-order valence-corrected chi connectivity index (χ1v) is 8.82. The van der Waals surface area contributed by atoms with Crippen LogP contribution in [-0.4, -0.2) is 35.4 Å². The molecule has 118 valence electrons. The molecule has 0 spiro atoms. The monoisotopic (exact) mass is 321 g/mol. The summed E-state index contributed by atoms with van der Waals surface area (Å²) in [6.45, 7) is 2.33. The second kappa shape index (κ2) is 6.74. The van der Waals surface area contributed by atoms with Gasteiger partial charge in [-0.25, -0.2) is 13.4 Å². The molecule has 2 rings (SSSR count). The summed E-state index contributed by atoms with van der Waals surface area (Å²) in [5, 5.41) is 1.63. The van der Waals surface area contributed by atoms with E-state index < -0.39 is 21.0 Å². The fraction of sp³-hybridized carbons (Fsp3) is 0.333. The first kappa shape index (κ1) is 16.2. The fourth-order valence-corrected chi connectivity index (χ4v) is 2.45. The van der Waals surface area contributed by atoms with E-state index >= 15 is 0 Å². The van der Waals surface area contributed by atoms with Gasteiger partial charge in [0.05, 0.1) is 6.33 Å². The molecule has 0 saturated heterocycles. The lowest BCUT2D eigenvalue weighted by Crippen LogP contribution is -2.37. The molecule has 0 aliphatic heterocycles. The minimum atomic E-state index is -3.38. The summed E-state index contributed by atoms with van der Waals surface area (Å²) < 4.78 is 24.7. The Bertz CT molecular complexity index is 739. The minimum absolute atomic E-state index is 0.295. The van der Waals surface area contributed by atoms with Crippen LogP contribution in [-0.2, 0) is 27.7 Å². The molecule has 6 nitrogen and oxygen atoms in total. The van der Waals surface area contributed by atoms with Crippen molar-refractivity contribution in [1.29, 1.82) is 0 Å². The molecule has 1 aromatic heterocycles. The molecule has 0 saturated carbocycles. The summed E-state index contributed by atoms with van der Waals surface area (Å²) >= 11 is 0. The van der Waals surface area contributed by atoms with Gasteiger partial charge < -0.3 is 9.88 Å². The van der Waals surface area contributed by atoms with Gasteiger partial charge in [0, 0.05) is 31.7 Å². The molecule has 1 amide bonds. The first-order valence-electron chi connectivity index (χ1n) is 6.87. The number of hydrogen-bond donors (Lipinski definition) is 1. The Kier molecular flexibility index (Phi) is 4.97. The number of rotatable bonds is 6. The van der Waals surface area contributed by atoms with Gasteiger partial charge in [-0.2, -0.15) is 0 Å². The number of aromatic nitrogens is 2. The molecule has 1 atom stereocenters. The van der Waals surface area contributed by atoms with E-state index in [2.05, 4.69) is 10.3 Å². The Morgan fingerprint density at radius 1 is 1.32 bits per heavy atom. The van der Waals surface area contributed by atoms with E-state index in [1.54, 1.807) is 12.5 Å². The number of nitrogens with one attached hydrogen (secondary N) is 1. The van der Waals surface area contributed by atoms with Crippen LogP contribution in [0, 0.1) is 0 Å². The van der Waals surface area contributed by atoms with Crippen molar-refractivity contribution in [1.82, 2.24) is 14.9 Å². The maximum Gasteiger partial charge on any atom is 0.238 e. The average molecular weight is 321 g/mol. The van der Waals surface area contributed by atoms with Crippen LogP contribution in [0.3, 0.4) is 0 Å². The first-order chi connectivity index (χ1) is 10.4. The smallest absolute Gasteiger partial charge is 0.238 e. The topological polar surface area (TPSA) is 81.1 Å². The van der Waals surface area contributed by atoms with Crippen LogP contribution < -0.4 is 5.32 Å². The second-order valence-electron chi connectivity index (χ2n) is 5.19. The summed E-state index contributed by atoms with van der Waals surface area (Å²) in [6, 6.07) is 7.70. The number of carbonyl (C=O) groups is 1. The van der Waals surface area contributed by atoms with E-state index in [-0.39, 0.29) is 0 Å². The highest BCUT2D eigenvalue weighted by atomic mass is 32.2. The maximum absolute atomic E-state index is 11.9. The molecule has 0 aliphatic rings. The summed E-state index contributed by atoms with van der Waals surface area (Å²) in [4.78, 5) is 15.9. The molecule has 0 radical (unpaired) electrons. The molecule has 0 unspecified atom stereocenters. The van der Waals surface area contributed by atoms with E-state index in [1.165, 1.54) is 6.92 Å². The van der Waals surface area contributed by atoms with E-state index in [0.29, 0.717) is 13.1 Å². The molecular formula is C15H19N3O3S. The SMILES string of the molecule is C[C@H](C(=O)NCc1ccccc1Cn1ccnc1)S(C)(=O)=O. The lowest BCUT2D eigenvalue weighted by atomic mass is 10.1. The Balaban J connectivity index is 2.06. The Labute approximate surface area is 130 Å². The van der Waals surface area contributed by atoms with Gasteiger partial charge in [0.1, 0.15) is 5.25 Å². The number of benzene rings is 1. The summed E-state index contributed by atoms with van der Waals surface area (Å²) in [5.74, 6) is -0.486. The van der Waals surface area contributed by atoms with Crippen molar-refractivity contribution < 1.29 is 13.2 Å². The highest BCUT2D eigenvalue weighted by Gasteiger charge is 2.23. The summed E-state index contributed by atoms with van der Waals surface area (Å²) in [6.07, 6.45) is 6.35. The van der Waals surface area contributed by atoms with E-state index in [1.807, 2.05) is 35.0 Å². The Hall–Kier alpha value is -2.15. The molecule has 7 heteroatoms. The van der Waals surface area contributed by atoms with Crippen molar-refractivity contribution in [3.05, 3.63) is 54.1 Å². The van der Waals surface area contributed by atoms with Gasteiger partial charge in [0.15, 0.2) is 9.84 Å². The van der Waals surface area contributed by atoms with Gasteiger partial charge in [-0.05, 0) is 18.1 Å². The number of hydrogen-bond acceptors (Lipinski definition) is 4. The van der Waals surface area contributed by atoms with Crippen molar-refractivity contribution in [2.75, 3.05) is 6.26 Å². The molecule has 0 fully saturated rings. The fourth-order valence-electron chi connectivity index (χ4n) is 1.98. The van der Waals surface area contributed by atoms with Crippen LogP contribution in [0.4, 0.5) is 0 Å². The number of carbonyl (C=O) groups excluding carboxylic acids is 1. The third-order valence-electron chi connectivity index (χ3n) is 3.50. The van der Waals surface area contributed by atoms with Crippen LogP contribution in [0.2, 0.25) is 0 Å². The Morgan fingerprint density at radius 2 is 2.00 bits per heavy atom. The molecule has 1 N–H and O–H groups in total. The zero-order valence-corrected chi connectivity index (χ0v) is 13.4. The molecular weight excluding hydrogens is 302 g/mol. The Morgan fingerprint density at radius 3 is 2.59 bits per heavy atom. The van der Waals surface area contributed by atoms with Gasteiger partial charge in [0.25, 0.3) is 0 Å². The lowest BCUT2D eigenvalue weighted by molar-refractivity contribution is -0.120. The maximum atomic E-state index is 11.9. The van der Waals surface area contributed by atoms with E-state index in [9.17, 15) is 13.2 Å². The highest BCUT2D eigenvalue weighted by Crippen LogP contribution is 2.11. The molecule has 1 aromatic carbocycles. The van der Waals surface area contributed by atoms with E-state index in [0.717, 1.165) is 17.4 Å². The number of imidazole rings is 1. The van der Waals surface area contributed by atoms with Crippen molar-refractivity contribution in [2.24, 2.45) is 0 Å². The lowest BCUT2D eigenvalue weighted by Gasteiger charge is -2.13. The number of nitrogens with zero attached hydrogens (tertiary/aromatic N) is 2. The molecule has 0 bridgehead atoms. The third-order valence-corrected chi connectivity index (χ3v) is 4.99. The van der Waals surface area contributed by atoms with Gasteiger partial charge in [-0.3, -0.25) is 4.79 Å². The van der Waals surface area contributed by atoms with Gasteiger partial charge in [-0.15, -0.1) is 0 Å². The molecule has 0 aliphatic carbocycles. The molecule has 1 heterocycles. The number of sulfone groups is 1. The van der Waals surface area contributed by atoms with Crippen LogP contribution in [0.25, 0.3) is 0 Å². The predicted molar refractivity (Wildman–Crippen MR) is 83.9 cm³/mol. The third kappa shape index (κ3) is 4.17. The zero-order valence-electron chi connectivity index (χ0n) is 12.6. The standard InChI is InChI=1S/C15H19N3O3S/c1-12(22(2,20)21)15(19)17-9-13-5-3-4-6-14(13)10-18-8-7-16-11-18/h3-8,11-12H,9-10H2,1-2H3,(H,17,19)/t12-/m1/s1. The van der Waals surface area contributed by atoms with Gasteiger partial charge in [-0.1, -0.05) is 24.3 Å². The zero-order chi connectivity index (χ0) is 16.2. The van der Waals surface area contributed by atoms with E-state index in [4.69, 9.17) is 0 Å². The minimum Gasteiger partial charge on any atom is -0.351 e. The largest absolute Gasteiger partial charge is 0.351 e. The summed E-state index contributed by atoms with van der Waals surface area (Å²) in [5.41, 5.74) is 2.00. The second-order valence-corrected chi connectivity index (χ2v) is 7.56. The van der Waals surface area contributed by atoms with Crippen LogP contribution in [0.1, 0.15) is 18.1 Å².